The van der Waals surface area contributed by atoms with Gasteiger partial charge in [0.25, 0.3) is 0 Å². The summed E-state index contributed by atoms with van der Waals surface area (Å²) in [5.41, 5.74) is 1.20. The van der Waals surface area contributed by atoms with E-state index in [0.717, 1.165) is 23.1 Å². The fourth-order valence-electron chi connectivity index (χ4n) is 1.56. The molecular weight excluding hydrogens is 289 g/mol. The Morgan fingerprint density at radius 3 is 2.61 bits per heavy atom. The molecule has 2 heterocycles. The van der Waals surface area contributed by atoms with Crippen molar-refractivity contribution in [3.05, 3.63) is 40.1 Å². The van der Waals surface area contributed by atoms with Crippen molar-refractivity contribution in [1.29, 1.82) is 0 Å². The third-order valence-electron chi connectivity index (χ3n) is 2.53. The molecule has 0 aliphatic heterocycles. The van der Waals surface area contributed by atoms with Gasteiger partial charge in [-0.2, -0.15) is 0 Å². The van der Waals surface area contributed by atoms with Crippen LogP contribution in [0.4, 0.5) is 5.13 Å². The third kappa shape index (κ3) is 3.13. The molecule has 0 aliphatic rings. The molecule has 6 heteroatoms. The zero-order chi connectivity index (χ0) is 13.0. The molecule has 0 aliphatic carbocycles. The lowest BCUT2D eigenvalue weighted by Gasteiger charge is -2.19. The first-order chi connectivity index (χ1) is 8.74. The Kier molecular flexibility index (Phi) is 4.80. The van der Waals surface area contributed by atoms with E-state index >= 15 is 0 Å². The molecule has 0 unspecified atom stereocenters. The molecule has 2 aromatic rings. The number of alkyl halides is 1. The van der Waals surface area contributed by atoms with Crippen molar-refractivity contribution in [3.8, 4) is 0 Å². The highest BCUT2D eigenvalue weighted by molar-refractivity contribution is 7.16. The molecule has 18 heavy (non-hydrogen) atoms. The van der Waals surface area contributed by atoms with Gasteiger partial charge in [0.15, 0.2) is 5.13 Å². The summed E-state index contributed by atoms with van der Waals surface area (Å²) >= 11 is 13.4. The SMILES string of the molecule is CCN(Cc1ccncc1)c1nc(Cl)c(CCl)s1. The summed E-state index contributed by atoms with van der Waals surface area (Å²) in [6.07, 6.45) is 3.59. The van der Waals surface area contributed by atoms with Gasteiger partial charge in [-0.15, -0.1) is 11.6 Å². The maximum atomic E-state index is 6.03. The summed E-state index contributed by atoms with van der Waals surface area (Å²) in [6.45, 7) is 3.76. The number of hydrogen-bond acceptors (Lipinski definition) is 4. The number of nitrogens with zero attached hydrogens (tertiary/aromatic N) is 3. The van der Waals surface area contributed by atoms with Crippen LogP contribution in [0.3, 0.4) is 0 Å². The molecule has 2 aromatic heterocycles. The summed E-state index contributed by atoms with van der Waals surface area (Å²) in [6, 6.07) is 4.00. The lowest BCUT2D eigenvalue weighted by Crippen LogP contribution is -2.21. The number of halogens is 2. The van der Waals surface area contributed by atoms with Crippen molar-refractivity contribution in [2.24, 2.45) is 0 Å². The van der Waals surface area contributed by atoms with E-state index in [-0.39, 0.29) is 0 Å². The van der Waals surface area contributed by atoms with E-state index in [9.17, 15) is 0 Å². The Labute approximate surface area is 120 Å². The summed E-state index contributed by atoms with van der Waals surface area (Å²) in [7, 11) is 0. The minimum atomic E-state index is 0.406. The van der Waals surface area contributed by atoms with E-state index in [1.54, 1.807) is 23.7 Å². The van der Waals surface area contributed by atoms with Gasteiger partial charge in [-0.3, -0.25) is 4.98 Å². The molecule has 0 atom stereocenters. The molecule has 3 nitrogen and oxygen atoms in total. The van der Waals surface area contributed by atoms with Gasteiger partial charge < -0.3 is 4.90 Å². The van der Waals surface area contributed by atoms with Crippen LogP contribution < -0.4 is 4.90 Å². The Morgan fingerprint density at radius 1 is 1.33 bits per heavy atom. The molecule has 0 spiro atoms. The molecule has 2 rings (SSSR count). The molecule has 0 radical (unpaired) electrons. The van der Waals surface area contributed by atoms with E-state index in [4.69, 9.17) is 23.2 Å². The van der Waals surface area contributed by atoms with Crippen molar-refractivity contribution in [1.82, 2.24) is 9.97 Å². The zero-order valence-corrected chi connectivity index (χ0v) is 12.3. The van der Waals surface area contributed by atoms with E-state index in [1.165, 1.54) is 5.56 Å². The maximum absolute atomic E-state index is 6.03. The van der Waals surface area contributed by atoms with Gasteiger partial charge in [0.05, 0.1) is 10.8 Å². The summed E-state index contributed by atoms with van der Waals surface area (Å²) < 4.78 is 0. The van der Waals surface area contributed by atoms with E-state index < -0.39 is 0 Å². The van der Waals surface area contributed by atoms with Gasteiger partial charge in [0, 0.05) is 25.5 Å². The van der Waals surface area contributed by atoms with Crippen LogP contribution in [0.25, 0.3) is 0 Å². The number of thiazole rings is 1. The molecule has 96 valence electrons. The summed E-state index contributed by atoms with van der Waals surface area (Å²) in [5, 5.41) is 1.42. The second-order valence-electron chi connectivity index (χ2n) is 3.71. The van der Waals surface area contributed by atoms with Crippen molar-refractivity contribution in [2.45, 2.75) is 19.3 Å². The Bertz CT molecular complexity index is 501. The first-order valence-corrected chi connectivity index (χ1v) is 7.32. The third-order valence-corrected chi connectivity index (χ3v) is 4.50. The standard InChI is InChI=1S/C12H13Cl2N3S/c1-2-17(8-9-3-5-15-6-4-9)12-16-11(14)10(7-13)18-12/h3-6H,2,7-8H2,1H3. The molecule has 0 N–H and O–H groups in total. The van der Waals surface area contributed by atoms with E-state index in [1.807, 2.05) is 12.1 Å². The smallest absolute Gasteiger partial charge is 0.187 e. The Morgan fingerprint density at radius 2 is 2.06 bits per heavy atom. The average molecular weight is 302 g/mol. The van der Waals surface area contributed by atoms with Crippen LogP contribution in [0, 0.1) is 0 Å². The Balaban J connectivity index is 2.17. The number of rotatable bonds is 5. The van der Waals surface area contributed by atoms with Crippen molar-refractivity contribution < 1.29 is 0 Å². The first kappa shape index (κ1) is 13.6. The number of pyridine rings is 1. The van der Waals surface area contributed by atoms with Gasteiger partial charge in [-0.05, 0) is 24.6 Å². The fourth-order valence-corrected chi connectivity index (χ4v) is 3.10. The summed E-state index contributed by atoms with van der Waals surface area (Å²) in [5.74, 6) is 0.406. The van der Waals surface area contributed by atoms with Gasteiger partial charge in [0.1, 0.15) is 5.15 Å². The van der Waals surface area contributed by atoms with E-state index in [2.05, 4.69) is 21.8 Å². The minimum absolute atomic E-state index is 0.406. The topological polar surface area (TPSA) is 29.0 Å². The quantitative estimate of drug-likeness (QED) is 0.783. The second-order valence-corrected chi connectivity index (χ2v) is 5.40. The van der Waals surface area contributed by atoms with Crippen LogP contribution in [0.5, 0.6) is 0 Å². The lowest BCUT2D eigenvalue weighted by atomic mass is 10.2. The number of hydrogen-bond donors (Lipinski definition) is 0. The minimum Gasteiger partial charge on any atom is -0.344 e. The fraction of sp³-hybridized carbons (Fsp3) is 0.333. The Hall–Kier alpha value is -0.840. The van der Waals surface area contributed by atoms with Crippen molar-refractivity contribution in [3.63, 3.8) is 0 Å². The predicted octanol–water partition coefficient (Wildman–Crippen LogP) is 3.96. The largest absolute Gasteiger partial charge is 0.344 e. The molecule has 0 saturated heterocycles. The monoisotopic (exact) mass is 301 g/mol. The number of aromatic nitrogens is 2. The second kappa shape index (κ2) is 6.36. The van der Waals surface area contributed by atoms with E-state index in [0.29, 0.717) is 11.0 Å². The predicted molar refractivity (Wildman–Crippen MR) is 77.6 cm³/mol. The van der Waals surface area contributed by atoms with Gasteiger partial charge in [-0.1, -0.05) is 22.9 Å². The van der Waals surface area contributed by atoms with Gasteiger partial charge in [-0.25, -0.2) is 4.98 Å². The first-order valence-electron chi connectivity index (χ1n) is 5.59. The van der Waals surface area contributed by atoms with Crippen molar-refractivity contribution >= 4 is 39.7 Å². The normalized spacial score (nSPS) is 10.6. The highest BCUT2D eigenvalue weighted by Gasteiger charge is 2.13. The van der Waals surface area contributed by atoms with Crippen molar-refractivity contribution in [2.75, 3.05) is 11.4 Å². The molecule has 0 bridgehead atoms. The molecular formula is C12H13Cl2N3S. The average Bonchev–Trinajstić information content (AvgIpc) is 2.78. The van der Waals surface area contributed by atoms with Crippen LogP contribution in [0.15, 0.2) is 24.5 Å². The summed E-state index contributed by atoms with van der Waals surface area (Å²) in [4.78, 5) is 11.5. The van der Waals surface area contributed by atoms with Crippen LogP contribution in [0.2, 0.25) is 5.15 Å². The maximum Gasteiger partial charge on any atom is 0.187 e. The number of anilines is 1. The zero-order valence-electron chi connectivity index (χ0n) is 9.94. The van der Waals surface area contributed by atoms with Crippen LogP contribution in [0.1, 0.15) is 17.4 Å². The van der Waals surface area contributed by atoms with Gasteiger partial charge >= 0.3 is 0 Å². The lowest BCUT2D eigenvalue weighted by molar-refractivity contribution is 0.825. The van der Waals surface area contributed by atoms with Gasteiger partial charge in [0.2, 0.25) is 0 Å². The molecule has 0 aromatic carbocycles. The van der Waals surface area contributed by atoms with Crippen LogP contribution in [-0.4, -0.2) is 16.5 Å². The molecule has 0 amide bonds. The highest BCUT2D eigenvalue weighted by atomic mass is 35.5. The molecule has 0 saturated carbocycles. The highest BCUT2D eigenvalue weighted by Crippen LogP contribution is 2.31. The van der Waals surface area contributed by atoms with Crippen LogP contribution >= 0.6 is 34.5 Å². The van der Waals surface area contributed by atoms with Crippen LogP contribution in [-0.2, 0) is 12.4 Å². The molecule has 0 fully saturated rings.